The van der Waals surface area contributed by atoms with E-state index < -0.39 is 12.0 Å². The van der Waals surface area contributed by atoms with Gasteiger partial charge in [0.2, 0.25) is 0 Å². The van der Waals surface area contributed by atoms with Crippen molar-refractivity contribution in [1.82, 2.24) is 5.32 Å². The molecule has 0 aromatic heterocycles. The number of aliphatic carboxylic acids is 1. The largest absolute Gasteiger partial charge is 0.480 e. The summed E-state index contributed by atoms with van der Waals surface area (Å²) in [7, 11) is 0. The molecule has 0 spiro atoms. The first-order valence-electron chi connectivity index (χ1n) is 5.75. The van der Waals surface area contributed by atoms with Crippen molar-refractivity contribution in [3.05, 3.63) is 34.9 Å². The van der Waals surface area contributed by atoms with Gasteiger partial charge in [0, 0.05) is 0 Å². The van der Waals surface area contributed by atoms with Gasteiger partial charge in [0.15, 0.2) is 0 Å². The molecule has 0 bridgehead atoms. The van der Waals surface area contributed by atoms with E-state index in [1.807, 2.05) is 0 Å². The zero-order valence-electron chi connectivity index (χ0n) is 10.1. The van der Waals surface area contributed by atoms with E-state index in [1.54, 1.807) is 11.8 Å². The smallest absolute Gasteiger partial charge is 0.320 e. The van der Waals surface area contributed by atoms with Gasteiger partial charge in [-0.05, 0) is 42.7 Å². The van der Waals surface area contributed by atoms with Crippen LogP contribution in [0.5, 0.6) is 0 Å². The van der Waals surface area contributed by atoms with Gasteiger partial charge in [-0.2, -0.15) is 0 Å². The predicted molar refractivity (Wildman–Crippen MR) is 70.3 cm³/mol. The molecular formula is C13H17NO2S. The maximum Gasteiger partial charge on any atom is 0.320 e. The van der Waals surface area contributed by atoms with E-state index in [0.717, 1.165) is 5.75 Å². The standard InChI is InChI=1S/C13H17NO2S/c1-8-3-4-10(7-9(8)2)12-14-11(13(15)16)5-6-17-12/h3-4,7,11-12,14H,5-6H2,1-2H3,(H,15,16). The van der Waals surface area contributed by atoms with E-state index in [9.17, 15) is 4.79 Å². The van der Waals surface area contributed by atoms with Crippen LogP contribution in [0.4, 0.5) is 0 Å². The fraction of sp³-hybridized carbons (Fsp3) is 0.462. The highest BCUT2D eigenvalue weighted by Gasteiger charge is 2.27. The summed E-state index contributed by atoms with van der Waals surface area (Å²) < 4.78 is 0. The molecule has 4 heteroatoms. The van der Waals surface area contributed by atoms with Gasteiger partial charge >= 0.3 is 5.97 Å². The second-order valence-electron chi connectivity index (χ2n) is 4.44. The average molecular weight is 251 g/mol. The first-order valence-corrected chi connectivity index (χ1v) is 6.80. The highest BCUT2D eigenvalue weighted by molar-refractivity contribution is 7.99. The monoisotopic (exact) mass is 251 g/mol. The van der Waals surface area contributed by atoms with Crippen molar-refractivity contribution < 1.29 is 9.90 Å². The van der Waals surface area contributed by atoms with Gasteiger partial charge in [0.1, 0.15) is 6.04 Å². The van der Waals surface area contributed by atoms with Crippen LogP contribution in [0.3, 0.4) is 0 Å². The van der Waals surface area contributed by atoms with Crippen LogP contribution >= 0.6 is 11.8 Å². The first-order chi connectivity index (χ1) is 8.08. The SMILES string of the molecule is Cc1ccc(C2NC(C(=O)O)CCS2)cc1C. The minimum Gasteiger partial charge on any atom is -0.480 e. The number of thioether (sulfide) groups is 1. The molecule has 1 saturated heterocycles. The fourth-order valence-corrected chi connectivity index (χ4v) is 3.14. The summed E-state index contributed by atoms with van der Waals surface area (Å²) in [5, 5.41) is 12.3. The first kappa shape index (κ1) is 12.5. The third kappa shape index (κ3) is 2.82. The van der Waals surface area contributed by atoms with Gasteiger partial charge in [0.25, 0.3) is 0 Å². The predicted octanol–water partition coefficient (Wildman–Crippen LogP) is 2.48. The van der Waals surface area contributed by atoms with Crippen molar-refractivity contribution in [1.29, 1.82) is 0 Å². The van der Waals surface area contributed by atoms with Gasteiger partial charge in [-0.15, -0.1) is 11.8 Å². The summed E-state index contributed by atoms with van der Waals surface area (Å²) in [5.41, 5.74) is 3.69. The third-order valence-corrected chi connectivity index (χ3v) is 4.39. The summed E-state index contributed by atoms with van der Waals surface area (Å²) >= 11 is 1.78. The Morgan fingerprint density at radius 3 is 2.82 bits per heavy atom. The van der Waals surface area contributed by atoms with Crippen molar-refractivity contribution in [2.45, 2.75) is 31.7 Å². The topological polar surface area (TPSA) is 49.3 Å². The highest BCUT2D eigenvalue weighted by atomic mass is 32.2. The van der Waals surface area contributed by atoms with E-state index in [1.165, 1.54) is 16.7 Å². The van der Waals surface area contributed by atoms with E-state index in [-0.39, 0.29) is 5.37 Å². The second-order valence-corrected chi connectivity index (χ2v) is 5.65. The van der Waals surface area contributed by atoms with Crippen LogP contribution in [0.2, 0.25) is 0 Å². The molecule has 1 fully saturated rings. The summed E-state index contributed by atoms with van der Waals surface area (Å²) in [5.74, 6) is 0.140. The van der Waals surface area contributed by atoms with E-state index in [4.69, 9.17) is 5.11 Å². The molecule has 1 aromatic rings. The zero-order chi connectivity index (χ0) is 12.4. The Labute approximate surface area is 106 Å². The summed E-state index contributed by atoms with van der Waals surface area (Å²) in [4.78, 5) is 11.0. The van der Waals surface area contributed by atoms with Crippen molar-refractivity contribution in [2.24, 2.45) is 0 Å². The van der Waals surface area contributed by atoms with E-state index in [2.05, 4.69) is 37.4 Å². The zero-order valence-corrected chi connectivity index (χ0v) is 10.9. The summed E-state index contributed by atoms with van der Waals surface area (Å²) in [6.45, 7) is 4.17. The Balaban J connectivity index is 2.16. The molecule has 0 saturated carbocycles. The molecule has 2 unspecified atom stereocenters. The number of carboxylic acids is 1. The molecule has 0 aliphatic carbocycles. The maximum atomic E-state index is 11.0. The number of benzene rings is 1. The van der Waals surface area contributed by atoms with E-state index >= 15 is 0 Å². The van der Waals surface area contributed by atoms with Crippen LogP contribution in [0.15, 0.2) is 18.2 Å². The van der Waals surface area contributed by atoms with Crippen LogP contribution in [-0.4, -0.2) is 22.9 Å². The summed E-state index contributed by atoms with van der Waals surface area (Å²) in [6.07, 6.45) is 0.696. The summed E-state index contributed by atoms with van der Waals surface area (Å²) in [6, 6.07) is 5.90. The number of carboxylic acid groups (broad SMARTS) is 1. The average Bonchev–Trinajstić information content (AvgIpc) is 2.33. The maximum absolute atomic E-state index is 11.0. The molecule has 1 aliphatic heterocycles. The molecule has 92 valence electrons. The Morgan fingerprint density at radius 1 is 1.41 bits per heavy atom. The lowest BCUT2D eigenvalue weighted by Gasteiger charge is -2.28. The molecular weight excluding hydrogens is 234 g/mol. The van der Waals surface area contributed by atoms with Gasteiger partial charge in [0.05, 0.1) is 5.37 Å². The Hall–Kier alpha value is -1.00. The number of aryl methyl sites for hydroxylation is 2. The van der Waals surface area contributed by atoms with Gasteiger partial charge in [-0.25, -0.2) is 0 Å². The van der Waals surface area contributed by atoms with Crippen LogP contribution in [-0.2, 0) is 4.79 Å². The van der Waals surface area contributed by atoms with Gasteiger partial charge < -0.3 is 5.11 Å². The highest BCUT2D eigenvalue weighted by Crippen LogP contribution is 2.32. The normalized spacial score (nSPS) is 24.6. The minimum absolute atomic E-state index is 0.101. The molecule has 1 aromatic carbocycles. The van der Waals surface area contributed by atoms with Gasteiger partial charge in [-0.3, -0.25) is 10.1 Å². The van der Waals surface area contributed by atoms with Crippen LogP contribution in [0, 0.1) is 13.8 Å². The molecule has 0 radical (unpaired) electrons. The molecule has 2 rings (SSSR count). The Morgan fingerprint density at radius 2 is 2.18 bits per heavy atom. The van der Waals surface area contributed by atoms with Crippen LogP contribution in [0.25, 0.3) is 0 Å². The Kier molecular flexibility index (Phi) is 3.74. The molecule has 1 heterocycles. The van der Waals surface area contributed by atoms with Crippen molar-refractivity contribution >= 4 is 17.7 Å². The lowest BCUT2D eigenvalue weighted by molar-refractivity contribution is -0.139. The minimum atomic E-state index is -0.751. The van der Waals surface area contributed by atoms with Crippen LogP contribution in [0.1, 0.15) is 28.5 Å². The number of carbonyl (C=O) groups is 1. The van der Waals surface area contributed by atoms with Crippen molar-refractivity contribution in [3.63, 3.8) is 0 Å². The quantitative estimate of drug-likeness (QED) is 0.848. The molecule has 2 N–H and O–H groups in total. The number of hydrogen-bond acceptors (Lipinski definition) is 3. The number of hydrogen-bond donors (Lipinski definition) is 2. The van der Waals surface area contributed by atoms with Gasteiger partial charge in [-0.1, -0.05) is 18.2 Å². The van der Waals surface area contributed by atoms with Crippen LogP contribution < -0.4 is 5.32 Å². The Bertz CT molecular complexity index is 433. The molecule has 3 nitrogen and oxygen atoms in total. The van der Waals surface area contributed by atoms with Crippen molar-refractivity contribution in [2.75, 3.05) is 5.75 Å². The van der Waals surface area contributed by atoms with E-state index in [0.29, 0.717) is 6.42 Å². The number of nitrogens with one attached hydrogen (secondary N) is 1. The lowest BCUT2D eigenvalue weighted by atomic mass is 10.1. The molecule has 2 atom stereocenters. The molecule has 0 amide bonds. The second kappa shape index (κ2) is 5.10. The lowest BCUT2D eigenvalue weighted by Crippen LogP contribution is -2.41. The number of rotatable bonds is 2. The molecule has 17 heavy (non-hydrogen) atoms. The molecule has 1 aliphatic rings. The van der Waals surface area contributed by atoms with Crippen molar-refractivity contribution in [3.8, 4) is 0 Å². The fourth-order valence-electron chi connectivity index (χ4n) is 1.93. The third-order valence-electron chi connectivity index (χ3n) is 3.18.